The van der Waals surface area contributed by atoms with Crippen LogP contribution in [0.2, 0.25) is 0 Å². The summed E-state index contributed by atoms with van der Waals surface area (Å²) in [4.78, 5) is 24.4. The molecule has 2 atom stereocenters. The standard InChI is InChI=1S/C53H103NO5/c1-3-5-7-9-11-13-25-29-33-37-41-45-51(56)50(49-55)54-52(57)46-42-38-34-30-27-23-21-19-17-15-16-18-20-22-24-28-32-36-40-44-48-59-53(58)47-43-39-35-31-26-14-12-10-8-6-4-2/h41,45,50-51,55-56H,3-40,42-44,46-49H2,1-2H3,(H,54,57)/b45-41+. The van der Waals surface area contributed by atoms with Crippen LogP contribution in [0.1, 0.15) is 290 Å². The second kappa shape index (κ2) is 49.3. The molecule has 0 fully saturated rings. The molecule has 0 radical (unpaired) electrons. The molecule has 3 N–H and O–H groups in total. The van der Waals surface area contributed by atoms with Crippen LogP contribution in [-0.4, -0.2) is 47.4 Å². The van der Waals surface area contributed by atoms with Gasteiger partial charge >= 0.3 is 5.97 Å². The zero-order valence-electron chi connectivity index (χ0n) is 39.7. The minimum atomic E-state index is -0.843. The molecule has 0 saturated carbocycles. The number of nitrogens with one attached hydrogen (secondary N) is 1. The topological polar surface area (TPSA) is 95.9 Å². The zero-order chi connectivity index (χ0) is 43.0. The van der Waals surface area contributed by atoms with Crippen LogP contribution in [-0.2, 0) is 14.3 Å². The molecule has 0 aliphatic carbocycles. The van der Waals surface area contributed by atoms with Gasteiger partial charge in [0.05, 0.1) is 25.4 Å². The first-order chi connectivity index (χ1) is 29.0. The summed E-state index contributed by atoms with van der Waals surface area (Å²) in [7, 11) is 0. The number of amides is 1. The van der Waals surface area contributed by atoms with Gasteiger partial charge in [-0.1, -0.05) is 257 Å². The van der Waals surface area contributed by atoms with Gasteiger partial charge in [-0.2, -0.15) is 0 Å². The van der Waals surface area contributed by atoms with Crippen molar-refractivity contribution in [2.75, 3.05) is 13.2 Å². The van der Waals surface area contributed by atoms with Crippen LogP contribution < -0.4 is 5.32 Å². The van der Waals surface area contributed by atoms with Gasteiger partial charge in [-0.15, -0.1) is 0 Å². The third-order valence-corrected chi connectivity index (χ3v) is 12.3. The quantitative estimate of drug-likeness (QED) is 0.0322. The summed E-state index contributed by atoms with van der Waals surface area (Å²) >= 11 is 0. The van der Waals surface area contributed by atoms with Crippen molar-refractivity contribution >= 4 is 11.9 Å². The van der Waals surface area contributed by atoms with Crippen molar-refractivity contribution in [1.82, 2.24) is 5.32 Å². The highest BCUT2D eigenvalue weighted by Crippen LogP contribution is 2.17. The number of allylic oxidation sites excluding steroid dienone is 1. The molecule has 59 heavy (non-hydrogen) atoms. The molecular weight excluding hydrogens is 731 g/mol. The number of aliphatic hydroxyl groups excluding tert-OH is 2. The number of ether oxygens (including phenoxy) is 1. The number of carbonyl (C=O) groups excluding carboxylic acids is 2. The van der Waals surface area contributed by atoms with Gasteiger partial charge in [0.2, 0.25) is 5.91 Å². The van der Waals surface area contributed by atoms with Gasteiger partial charge in [-0.05, 0) is 32.1 Å². The van der Waals surface area contributed by atoms with Crippen molar-refractivity contribution in [3.63, 3.8) is 0 Å². The van der Waals surface area contributed by atoms with E-state index in [0.717, 1.165) is 38.5 Å². The molecule has 0 aliphatic heterocycles. The number of hydrogen-bond acceptors (Lipinski definition) is 5. The fraction of sp³-hybridized carbons (Fsp3) is 0.925. The van der Waals surface area contributed by atoms with Crippen molar-refractivity contribution in [3.05, 3.63) is 12.2 Å². The first kappa shape index (κ1) is 57.6. The number of aliphatic hydroxyl groups is 2. The van der Waals surface area contributed by atoms with Crippen molar-refractivity contribution in [1.29, 1.82) is 0 Å². The van der Waals surface area contributed by atoms with Crippen LogP contribution in [0.4, 0.5) is 0 Å². The molecule has 0 aromatic carbocycles. The van der Waals surface area contributed by atoms with E-state index in [1.807, 2.05) is 6.08 Å². The zero-order valence-corrected chi connectivity index (χ0v) is 39.7. The summed E-state index contributed by atoms with van der Waals surface area (Å²) in [5, 5.41) is 23.0. The first-order valence-corrected chi connectivity index (χ1v) is 26.5. The molecule has 0 saturated heterocycles. The van der Waals surface area contributed by atoms with Crippen molar-refractivity contribution in [2.45, 2.75) is 302 Å². The normalized spacial score (nSPS) is 12.7. The van der Waals surface area contributed by atoms with E-state index >= 15 is 0 Å². The van der Waals surface area contributed by atoms with Crippen molar-refractivity contribution in [3.8, 4) is 0 Å². The van der Waals surface area contributed by atoms with Crippen LogP contribution in [0.3, 0.4) is 0 Å². The van der Waals surface area contributed by atoms with E-state index in [2.05, 4.69) is 19.2 Å². The molecule has 0 aromatic rings. The fourth-order valence-corrected chi connectivity index (χ4v) is 8.22. The number of hydrogen-bond donors (Lipinski definition) is 3. The highest BCUT2D eigenvalue weighted by Gasteiger charge is 2.18. The van der Waals surface area contributed by atoms with Crippen LogP contribution in [0.15, 0.2) is 12.2 Å². The predicted molar refractivity (Wildman–Crippen MR) is 255 cm³/mol. The highest BCUT2D eigenvalue weighted by atomic mass is 16.5. The summed E-state index contributed by atoms with van der Waals surface area (Å²) in [6.07, 6.45) is 56.5. The maximum Gasteiger partial charge on any atom is 0.305 e. The predicted octanol–water partition coefficient (Wildman–Crippen LogP) is 15.7. The number of esters is 1. The largest absolute Gasteiger partial charge is 0.466 e. The summed E-state index contributed by atoms with van der Waals surface area (Å²) < 4.78 is 5.46. The Morgan fingerprint density at radius 2 is 0.780 bits per heavy atom. The Hall–Kier alpha value is -1.40. The van der Waals surface area contributed by atoms with Gasteiger partial charge in [-0.3, -0.25) is 9.59 Å². The number of carbonyl (C=O) groups is 2. The second-order valence-corrected chi connectivity index (χ2v) is 18.2. The van der Waals surface area contributed by atoms with Crippen molar-refractivity contribution < 1.29 is 24.5 Å². The third-order valence-electron chi connectivity index (χ3n) is 12.3. The van der Waals surface area contributed by atoms with E-state index < -0.39 is 12.1 Å². The molecule has 0 heterocycles. The molecule has 0 rings (SSSR count). The molecule has 2 unspecified atom stereocenters. The van der Waals surface area contributed by atoms with E-state index in [1.54, 1.807) is 6.08 Å². The van der Waals surface area contributed by atoms with E-state index in [9.17, 15) is 19.8 Å². The Morgan fingerprint density at radius 3 is 1.15 bits per heavy atom. The molecule has 0 bridgehead atoms. The van der Waals surface area contributed by atoms with Gasteiger partial charge in [0.25, 0.3) is 0 Å². The van der Waals surface area contributed by atoms with Crippen molar-refractivity contribution in [2.24, 2.45) is 0 Å². The average molecular weight is 834 g/mol. The van der Waals surface area contributed by atoms with Gasteiger partial charge < -0.3 is 20.3 Å². The summed E-state index contributed by atoms with van der Waals surface area (Å²) in [6, 6.07) is -0.626. The van der Waals surface area contributed by atoms with Crippen LogP contribution in [0.5, 0.6) is 0 Å². The minimum absolute atomic E-state index is 0.00952. The maximum absolute atomic E-state index is 12.4. The Kier molecular flexibility index (Phi) is 48.1. The van der Waals surface area contributed by atoms with E-state index in [1.165, 1.54) is 225 Å². The van der Waals surface area contributed by atoms with Gasteiger partial charge in [0.1, 0.15) is 0 Å². The lowest BCUT2D eigenvalue weighted by Crippen LogP contribution is -2.45. The Balaban J connectivity index is 3.40. The number of unbranched alkanes of at least 4 members (excludes halogenated alkanes) is 38. The lowest BCUT2D eigenvalue weighted by atomic mass is 10.0. The second-order valence-electron chi connectivity index (χ2n) is 18.2. The van der Waals surface area contributed by atoms with E-state index in [0.29, 0.717) is 19.4 Å². The molecule has 0 aliphatic rings. The van der Waals surface area contributed by atoms with E-state index in [-0.39, 0.29) is 18.5 Å². The summed E-state index contributed by atoms with van der Waals surface area (Å²) in [5.41, 5.74) is 0. The lowest BCUT2D eigenvalue weighted by Gasteiger charge is -2.20. The average Bonchev–Trinajstić information content (AvgIpc) is 3.24. The molecule has 6 heteroatoms. The molecule has 0 spiro atoms. The molecule has 1 amide bonds. The van der Waals surface area contributed by atoms with Gasteiger partial charge in [-0.25, -0.2) is 0 Å². The maximum atomic E-state index is 12.4. The first-order valence-electron chi connectivity index (χ1n) is 26.5. The molecule has 350 valence electrons. The number of rotatable bonds is 49. The van der Waals surface area contributed by atoms with Crippen LogP contribution in [0.25, 0.3) is 0 Å². The Labute approximate surface area is 368 Å². The molecular formula is C53H103NO5. The fourth-order valence-electron chi connectivity index (χ4n) is 8.22. The molecule has 6 nitrogen and oxygen atoms in total. The van der Waals surface area contributed by atoms with Crippen LogP contribution in [0, 0.1) is 0 Å². The highest BCUT2D eigenvalue weighted by molar-refractivity contribution is 5.76. The summed E-state index contributed by atoms with van der Waals surface area (Å²) in [5.74, 6) is -0.0609. The Bertz CT molecular complexity index is 878. The Morgan fingerprint density at radius 1 is 0.458 bits per heavy atom. The smallest absolute Gasteiger partial charge is 0.305 e. The van der Waals surface area contributed by atoms with Gasteiger partial charge in [0.15, 0.2) is 0 Å². The lowest BCUT2D eigenvalue weighted by molar-refractivity contribution is -0.143. The van der Waals surface area contributed by atoms with Gasteiger partial charge in [0, 0.05) is 12.8 Å². The third kappa shape index (κ3) is 45.9. The molecule has 0 aromatic heterocycles. The van der Waals surface area contributed by atoms with E-state index in [4.69, 9.17) is 4.74 Å². The van der Waals surface area contributed by atoms with Crippen LogP contribution >= 0.6 is 0 Å². The monoisotopic (exact) mass is 834 g/mol. The SMILES string of the molecule is CCCCCCCCCCC/C=C/C(O)C(CO)NC(=O)CCCCCCCCCCCCCCCCCCCCCCOC(=O)CCCCCCCCCCCCC. The minimum Gasteiger partial charge on any atom is -0.466 e. The summed E-state index contributed by atoms with van der Waals surface area (Å²) in [6.45, 7) is 4.89.